The van der Waals surface area contributed by atoms with E-state index in [1.165, 1.54) is 18.4 Å². The van der Waals surface area contributed by atoms with Crippen molar-refractivity contribution in [2.75, 3.05) is 19.7 Å². The van der Waals surface area contributed by atoms with E-state index in [0.29, 0.717) is 0 Å². The molecule has 1 aromatic carbocycles. The molecule has 1 fully saturated rings. The molecule has 4 N–H and O–H groups in total. The highest BCUT2D eigenvalue weighted by Gasteiger charge is 2.23. The average Bonchev–Trinajstić information content (AvgIpc) is 3.29. The molecule has 0 amide bonds. The Kier molecular flexibility index (Phi) is 6.03. The molecule has 0 heterocycles. The number of hydrogen-bond donors (Lipinski definition) is 3. The molecule has 0 spiro atoms. The lowest BCUT2D eigenvalue weighted by atomic mass is 9.95. The summed E-state index contributed by atoms with van der Waals surface area (Å²) >= 11 is 0. The largest absolute Gasteiger partial charge is 0.493 e. The standard InChI is InChI=1S/C17H29N3O/c1-17(2,20-19-11-4-3-10-18)15-6-5-7-16(12-15)21-13-14-8-9-14/h5-7,12,14,19-20H,3-4,8-11,13,18H2,1-2H3. The predicted molar refractivity (Wildman–Crippen MR) is 87.1 cm³/mol. The Morgan fingerprint density at radius 3 is 2.81 bits per heavy atom. The number of benzene rings is 1. The summed E-state index contributed by atoms with van der Waals surface area (Å²) in [6.45, 7) is 6.88. The molecule has 118 valence electrons. The highest BCUT2D eigenvalue weighted by molar-refractivity contribution is 5.32. The molecular weight excluding hydrogens is 262 g/mol. The first-order valence-corrected chi connectivity index (χ1v) is 8.05. The first-order valence-electron chi connectivity index (χ1n) is 8.05. The lowest BCUT2D eigenvalue weighted by molar-refractivity contribution is 0.296. The number of hydrogen-bond acceptors (Lipinski definition) is 4. The van der Waals surface area contributed by atoms with Gasteiger partial charge in [0, 0.05) is 6.54 Å². The van der Waals surface area contributed by atoms with Gasteiger partial charge in [0.2, 0.25) is 0 Å². The Hall–Kier alpha value is -1.10. The van der Waals surface area contributed by atoms with E-state index in [4.69, 9.17) is 10.5 Å². The van der Waals surface area contributed by atoms with Gasteiger partial charge in [-0.25, -0.2) is 5.43 Å². The fraction of sp³-hybridized carbons (Fsp3) is 0.647. The van der Waals surface area contributed by atoms with E-state index in [0.717, 1.165) is 44.2 Å². The third-order valence-corrected chi connectivity index (χ3v) is 3.90. The van der Waals surface area contributed by atoms with Gasteiger partial charge in [-0.3, -0.25) is 5.43 Å². The summed E-state index contributed by atoms with van der Waals surface area (Å²) < 4.78 is 5.86. The maximum Gasteiger partial charge on any atom is 0.119 e. The molecule has 1 saturated carbocycles. The van der Waals surface area contributed by atoms with E-state index < -0.39 is 0 Å². The zero-order chi connectivity index (χ0) is 15.1. The van der Waals surface area contributed by atoms with Crippen LogP contribution in [0.5, 0.6) is 5.75 Å². The van der Waals surface area contributed by atoms with Crippen LogP contribution in [0.3, 0.4) is 0 Å². The predicted octanol–water partition coefficient (Wildman–Crippen LogP) is 2.54. The Balaban J connectivity index is 1.83. The van der Waals surface area contributed by atoms with Gasteiger partial charge in [0.1, 0.15) is 5.75 Å². The fourth-order valence-corrected chi connectivity index (χ4v) is 2.19. The third kappa shape index (κ3) is 5.65. The summed E-state index contributed by atoms with van der Waals surface area (Å²) in [5, 5.41) is 0. The molecule has 1 aliphatic carbocycles. The van der Waals surface area contributed by atoms with Crippen molar-refractivity contribution in [3.05, 3.63) is 29.8 Å². The fourth-order valence-electron chi connectivity index (χ4n) is 2.19. The van der Waals surface area contributed by atoms with Crippen molar-refractivity contribution in [3.8, 4) is 5.75 Å². The van der Waals surface area contributed by atoms with Crippen molar-refractivity contribution in [1.82, 2.24) is 10.9 Å². The SMILES string of the molecule is CC(C)(NNCCCCN)c1cccc(OCC2CC2)c1. The maximum absolute atomic E-state index is 5.86. The number of nitrogens with two attached hydrogens (primary N) is 1. The zero-order valence-corrected chi connectivity index (χ0v) is 13.3. The van der Waals surface area contributed by atoms with Crippen LogP contribution in [0.15, 0.2) is 24.3 Å². The minimum atomic E-state index is -0.137. The van der Waals surface area contributed by atoms with Gasteiger partial charge in [0.05, 0.1) is 12.1 Å². The molecule has 1 aromatic rings. The van der Waals surface area contributed by atoms with Crippen molar-refractivity contribution in [1.29, 1.82) is 0 Å². The maximum atomic E-state index is 5.86. The monoisotopic (exact) mass is 291 g/mol. The first kappa shape index (κ1) is 16.3. The van der Waals surface area contributed by atoms with Crippen LogP contribution < -0.4 is 21.3 Å². The van der Waals surface area contributed by atoms with Crippen LogP contribution in [-0.4, -0.2) is 19.7 Å². The van der Waals surface area contributed by atoms with Crippen molar-refractivity contribution < 1.29 is 4.74 Å². The normalized spacial score (nSPS) is 15.2. The molecule has 0 atom stereocenters. The van der Waals surface area contributed by atoms with Gasteiger partial charge in [0.25, 0.3) is 0 Å². The van der Waals surface area contributed by atoms with Crippen LogP contribution >= 0.6 is 0 Å². The smallest absolute Gasteiger partial charge is 0.119 e. The van der Waals surface area contributed by atoms with Gasteiger partial charge in [-0.1, -0.05) is 12.1 Å². The van der Waals surface area contributed by atoms with Gasteiger partial charge in [-0.15, -0.1) is 0 Å². The molecule has 4 heteroatoms. The van der Waals surface area contributed by atoms with Crippen molar-refractivity contribution in [3.63, 3.8) is 0 Å². The zero-order valence-electron chi connectivity index (χ0n) is 13.3. The second-order valence-electron chi connectivity index (χ2n) is 6.45. The highest BCUT2D eigenvalue weighted by atomic mass is 16.5. The Bertz CT molecular complexity index is 430. The van der Waals surface area contributed by atoms with Crippen LogP contribution in [-0.2, 0) is 5.54 Å². The summed E-state index contributed by atoms with van der Waals surface area (Å²) in [7, 11) is 0. The minimum Gasteiger partial charge on any atom is -0.493 e. The van der Waals surface area contributed by atoms with Gasteiger partial charge in [-0.2, -0.15) is 0 Å². The van der Waals surface area contributed by atoms with E-state index in [-0.39, 0.29) is 5.54 Å². The number of ether oxygens (including phenoxy) is 1. The molecule has 0 unspecified atom stereocenters. The number of rotatable bonds is 10. The molecule has 21 heavy (non-hydrogen) atoms. The van der Waals surface area contributed by atoms with E-state index in [1.807, 2.05) is 6.07 Å². The highest BCUT2D eigenvalue weighted by Crippen LogP contribution is 2.30. The van der Waals surface area contributed by atoms with Gasteiger partial charge in [-0.05, 0) is 69.7 Å². The summed E-state index contributed by atoms with van der Waals surface area (Å²) in [5.74, 6) is 1.75. The van der Waals surface area contributed by atoms with E-state index in [9.17, 15) is 0 Å². The van der Waals surface area contributed by atoms with Gasteiger partial charge < -0.3 is 10.5 Å². The summed E-state index contributed by atoms with van der Waals surface area (Å²) in [6, 6.07) is 8.38. The molecule has 0 aliphatic heterocycles. The lowest BCUT2D eigenvalue weighted by Crippen LogP contribution is -2.46. The minimum absolute atomic E-state index is 0.137. The van der Waals surface area contributed by atoms with Crippen LogP contribution in [0.2, 0.25) is 0 Å². The second kappa shape index (κ2) is 7.78. The lowest BCUT2D eigenvalue weighted by Gasteiger charge is -2.28. The van der Waals surface area contributed by atoms with Crippen LogP contribution in [0.1, 0.15) is 45.1 Å². The Morgan fingerprint density at radius 1 is 1.29 bits per heavy atom. The molecule has 0 saturated heterocycles. The van der Waals surface area contributed by atoms with Crippen LogP contribution in [0.4, 0.5) is 0 Å². The van der Waals surface area contributed by atoms with Gasteiger partial charge >= 0.3 is 0 Å². The average molecular weight is 291 g/mol. The molecule has 1 aliphatic rings. The summed E-state index contributed by atoms with van der Waals surface area (Å²) in [6.07, 6.45) is 4.78. The quantitative estimate of drug-likeness (QED) is 0.458. The van der Waals surface area contributed by atoms with Gasteiger partial charge in [0.15, 0.2) is 0 Å². The van der Waals surface area contributed by atoms with E-state index >= 15 is 0 Å². The van der Waals surface area contributed by atoms with E-state index in [1.54, 1.807) is 0 Å². The van der Waals surface area contributed by atoms with Crippen molar-refractivity contribution in [2.24, 2.45) is 11.7 Å². The third-order valence-electron chi connectivity index (χ3n) is 3.90. The second-order valence-corrected chi connectivity index (χ2v) is 6.45. The summed E-state index contributed by atoms with van der Waals surface area (Å²) in [4.78, 5) is 0. The first-order chi connectivity index (χ1) is 10.1. The molecule has 0 bridgehead atoms. The molecule has 0 aromatic heterocycles. The number of unbranched alkanes of at least 4 members (excludes halogenated alkanes) is 1. The number of nitrogens with one attached hydrogen (secondary N) is 2. The molecular formula is C17H29N3O. The van der Waals surface area contributed by atoms with Crippen molar-refractivity contribution >= 4 is 0 Å². The Morgan fingerprint density at radius 2 is 2.10 bits per heavy atom. The number of hydrazine groups is 1. The van der Waals surface area contributed by atoms with Crippen LogP contribution in [0, 0.1) is 5.92 Å². The molecule has 0 radical (unpaired) electrons. The Labute approximate surface area is 128 Å². The van der Waals surface area contributed by atoms with Crippen molar-refractivity contribution in [2.45, 2.75) is 45.1 Å². The van der Waals surface area contributed by atoms with E-state index in [2.05, 4.69) is 42.9 Å². The van der Waals surface area contributed by atoms with Crippen LogP contribution in [0.25, 0.3) is 0 Å². The summed E-state index contributed by atoms with van der Waals surface area (Å²) in [5.41, 5.74) is 13.3. The molecule has 2 rings (SSSR count). The topological polar surface area (TPSA) is 59.3 Å². The molecule has 4 nitrogen and oxygen atoms in total.